The highest BCUT2D eigenvalue weighted by Crippen LogP contribution is 2.14. The third kappa shape index (κ3) is 18.6. The van der Waals surface area contributed by atoms with Crippen molar-refractivity contribution in [3.63, 3.8) is 0 Å². The summed E-state index contributed by atoms with van der Waals surface area (Å²) in [6.07, 6.45) is 16.4. The summed E-state index contributed by atoms with van der Waals surface area (Å²) in [5.74, 6) is -1.10. The number of nitrogens with zero attached hydrogens (tertiary/aromatic N) is 1. The van der Waals surface area contributed by atoms with Gasteiger partial charge in [-0.1, -0.05) is 97.8 Å². The van der Waals surface area contributed by atoms with Gasteiger partial charge >= 0.3 is 5.97 Å². The van der Waals surface area contributed by atoms with Crippen LogP contribution in [0.5, 0.6) is 0 Å². The molecule has 31 heavy (non-hydrogen) atoms. The maximum Gasteiger partial charge on any atom is 0.306 e. The minimum atomic E-state index is -0.747. The summed E-state index contributed by atoms with van der Waals surface area (Å²) < 4.78 is 0. The molecule has 0 heterocycles. The van der Waals surface area contributed by atoms with E-state index >= 15 is 0 Å². The summed E-state index contributed by atoms with van der Waals surface area (Å²) in [6.45, 7) is 8.01. The van der Waals surface area contributed by atoms with Crippen LogP contribution in [0.4, 0.5) is 0 Å². The zero-order chi connectivity index (χ0) is 23.3. The number of aliphatic hydroxyl groups excluding tert-OH is 2. The molecule has 0 fully saturated rings. The second kappa shape index (κ2) is 21.2. The number of carboxylic acid groups (broad SMARTS) is 1. The van der Waals surface area contributed by atoms with Crippen LogP contribution in [0.25, 0.3) is 0 Å². The molecule has 186 valence electrons. The minimum absolute atomic E-state index is 0.353. The van der Waals surface area contributed by atoms with Crippen LogP contribution in [-0.4, -0.2) is 58.0 Å². The van der Waals surface area contributed by atoms with Crippen molar-refractivity contribution in [1.29, 1.82) is 0 Å². The van der Waals surface area contributed by atoms with Crippen molar-refractivity contribution in [2.45, 2.75) is 136 Å². The molecule has 0 spiro atoms. The Balaban J connectivity index is 4.40. The van der Waals surface area contributed by atoms with E-state index in [1.165, 1.54) is 51.4 Å². The molecule has 3 N–H and O–H groups in total. The van der Waals surface area contributed by atoms with Gasteiger partial charge in [0.1, 0.15) is 0 Å². The van der Waals surface area contributed by atoms with Crippen molar-refractivity contribution in [1.82, 2.24) is 4.90 Å². The lowest BCUT2D eigenvalue weighted by Gasteiger charge is -2.28. The van der Waals surface area contributed by atoms with E-state index in [1.54, 1.807) is 0 Å². The highest BCUT2D eigenvalue weighted by Gasteiger charge is 2.20. The lowest BCUT2D eigenvalue weighted by atomic mass is 10.0. The van der Waals surface area contributed by atoms with Gasteiger partial charge in [0.25, 0.3) is 0 Å². The fourth-order valence-corrected chi connectivity index (χ4v) is 4.20. The molecular formula is C26H53NO4. The molecule has 5 heteroatoms. The summed E-state index contributed by atoms with van der Waals surface area (Å²) in [5, 5.41) is 30.4. The summed E-state index contributed by atoms with van der Waals surface area (Å²) >= 11 is 0. The Morgan fingerprint density at radius 2 is 1.10 bits per heavy atom. The Morgan fingerprint density at radius 1 is 0.677 bits per heavy atom. The quantitative estimate of drug-likeness (QED) is 0.168. The molecule has 0 rings (SSSR count). The standard InChI is InChI=1S/C26H53NO4/c1-4-7-9-11-13-15-17-24(28)21-27(20-19-23(6-3)26(30)31)22-25(29)18-16-14-12-10-8-5-2/h23-25,28-29H,4-22H2,1-3H3,(H,30,31). The van der Waals surface area contributed by atoms with Crippen molar-refractivity contribution in [3.8, 4) is 0 Å². The lowest BCUT2D eigenvalue weighted by molar-refractivity contribution is -0.142. The van der Waals surface area contributed by atoms with E-state index < -0.39 is 18.2 Å². The first-order valence-electron chi connectivity index (χ1n) is 13.3. The summed E-state index contributed by atoms with van der Waals surface area (Å²) in [6, 6.07) is 0. The number of carbonyl (C=O) groups is 1. The number of hydrogen-bond acceptors (Lipinski definition) is 4. The Labute approximate surface area is 192 Å². The number of aliphatic carboxylic acids is 1. The van der Waals surface area contributed by atoms with Crippen LogP contribution in [0.3, 0.4) is 0 Å². The topological polar surface area (TPSA) is 81.0 Å². The van der Waals surface area contributed by atoms with Gasteiger partial charge in [-0.25, -0.2) is 0 Å². The van der Waals surface area contributed by atoms with E-state index in [2.05, 4.69) is 18.7 Å². The van der Waals surface area contributed by atoms with Gasteiger partial charge in [0.2, 0.25) is 0 Å². The van der Waals surface area contributed by atoms with Crippen LogP contribution in [0, 0.1) is 5.92 Å². The molecule has 0 saturated heterocycles. The molecular weight excluding hydrogens is 390 g/mol. The molecule has 3 unspecified atom stereocenters. The molecule has 0 amide bonds. The van der Waals surface area contributed by atoms with Gasteiger partial charge in [0.05, 0.1) is 18.1 Å². The molecule has 0 radical (unpaired) electrons. The third-order valence-corrected chi connectivity index (χ3v) is 6.36. The molecule has 5 nitrogen and oxygen atoms in total. The van der Waals surface area contributed by atoms with Crippen LogP contribution in [0.1, 0.15) is 124 Å². The number of aliphatic hydroxyl groups is 2. The highest BCUT2D eigenvalue weighted by atomic mass is 16.4. The molecule has 0 aliphatic carbocycles. The SMILES string of the molecule is CCCCCCCCC(O)CN(CCC(CC)C(=O)O)CC(O)CCCCCCCC. The van der Waals surface area contributed by atoms with Gasteiger partial charge in [-0.05, 0) is 32.2 Å². The van der Waals surface area contributed by atoms with Crippen molar-refractivity contribution >= 4 is 5.97 Å². The van der Waals surface area contributed by atoms with Gasteiger partial charge in [-0.2, -0.15) is 0 Å². The van der Waals surface area contributed by atoms with Gasteiger partial charge < -0.3 is 15.3 Å². The van der Waals surface area contributed by atoms with Crippen molar-refractivity contribution in [2.24, 2.45) is 5.92 Å². The zero-order valence-electron chi connectivity index (χ0n) is 20.9. The molecule has 0 aromatic rings. The third-order valence-electron chi connectivity index (χ3n) is 6.36. The van der Waals surface area contributed by atoms with E-state index in [0.29, 0.717) is 32.5 Å². The first kappa shape index (κ1) is 30.4. The van der Waals surface area contributed by atoms with Gasteiger partial charge in [-0.3, -0.25) is 9.69 Å². The van der Waals surface area contributed by atoms with E-state index in [-0.39, 0.29) is 5.92 Å². The summed E-state index contributed by atoms with van der Waals surface area (Å²) in [7, 11) is 0. The van der Waals surface area contributed by atoms with E-state index in [4.69, 9.17) is 0 Å². The first-order valence-corrected chi connectivity index (χ1v) is 13.3. The molecule has 0 aliphatic rings. The predicted octanol–water partition coefficient (Wildman–Crippen LogP) is 6.01. The van der Waals surface area contributed by atoms with E-state index in [9.17, 15) is 20.1 Å². The van der Waals surface area contributed by atoms with Gasteiger partial charge in [0.15, 0.2) is 0 Å². The second-order valence-corrected chi connectivity index (χ2v) is 9.41. The fraction of sp³-hybridized carbons (Fsp3) is 0.962. The van der Waals surface area contributed by atoms with Crippen LogP contribution in [-0.2, 0) is 4.79 Å². The van der Waals surface area contributed by atoms with Crippen LogP contribution in [0.15, 0.2) is 0 Å². The molecule has 0 aromatic heterocycles. The maximum atomic E-state index is 11.4. The molecule has 0 saturated carbocycles. The van der Waals surface area contributed by atoms with Crippen LogP contribution < -0.4 is 0 Å². The van der Waals surface area contributed by atoms with Gasteiger partial charge in [-0.15, -0.1) is 0 Å². The average Bonchev–Trinajstić information content (AvgIpc) is 2.73. The molecule has 0 bridgehead atoms. The summed E-state index contributed by atoms with van der Waals surface area (Å²) in [5.41, 5.74) is 0. The Kier molecular flexibility index (Phi) is 20.8. The predicted molar refractivity (Wildman–Crippen MR) is 130 cm³/mol. The monoisotopic (exact) mass is 443 g/mol. The molecule has 3 atom stereocenters. The summed E-state index contributed by atoms with van der Waals surface area (Å²) in [4.78, 5) is 13.5. The van der Waals surface area contributed by atoms with E-state index in [1.807, 2.05) is 6.92 Å². The maximum absolute atomic E-state index is 11.4. The van der Waals surface area contributed by atoms with Gasteiger partial charge in [0, 0.05) is 13.1 Å². The number of hydrogen-bond donors (Lipinski definition) is 3. The van der Waals surface area contributed by atoms with Crippen molar-refractivity contribution in [3.05, 3.63) is 0 Å². The van der Waals surface area contributed by atoms with Crippen LogP contribution in [0.2, 0.25) is 0 Å². The van der Waals surface area contributed by atoms with Crippen LogP contribution >= 0.6 is 0 Å². The Bertz CT molecular complexity index is 381. The number of rotatable bonds is 23. The highest BCUT2D eigenvalue weighted by molar-refractivity contribution is 5.69. The molecule has 0 aromatic carbocycles. The Morgan fingerprint density at radius 3 is 1.48 bits per heavy atom. The van der Waals surface area contributed by atoms with Crippen molar-refractivity contribution in [2.75, 3.05) is 19.6 Å². The average molecular weight is 444 g/mol. The smallest absolute Gasteiger partial charge is 0.306 e. The minimum Gasteiger partial charge on any atom is -0.481 e. The molecule has 0 aliphatic heterocycles. The lowest BCUT2D eigenvalue weighted by Crippen LogP contribution is -2.39. The van der Waals surface area contributed by atoms with Crippen molar-refractivity contribution < 1.29 is 20.1 Å². The number of carboxylic acids is 1. The Hall–Kier alpha value is -0.650. The zero-order valence-corrected chi connectivity index (χ0v) is 20.9. The number of unbranched alkanes of at least 4 members (excludes halogenated alkanes) is 10. The largest absolute Gasteiger partial charge is 0.481 e. The van der Waals surface area contributed by atoms with E-state index in [0.717, 1.165) is 38.5 Å². The normalized spacial score (nSPS) is 14.6. The second-order valence-electron chi connectivity index (χ2n) is 9.41. The first-order chi connectivity index (χ1) is 14.9. The fourth-order valence-electron chi connectivity index (χ4n) is 4.20.